The molecule has 1 amide bonds. The van der Waals surface area contributed by atoms with E-state index in [9.17, 15) is 26.4 Å². The van der Waals surface area contributed by atoms with Crippen molar-refractivity contribution in [1.82, 2.24) is 4.90 Å². The SMILES string of the molecule is O=C(Nc1ccc(S(=O)(=O)Nc2cccc(C(F)(F)F)c2)cc1)c1ccc(CN2CCOCC2)cc1. The van der Waals surface area contributed by atoms with Crippen molar-refractivity contribution in [2.24, 2.45) is 0 Å². The molecule has 3 aromatic rings. The summed E-state index contributed by atoms with van der Waals surface area (Å²) in [5.74, 6) is -0.356. The number of carbonyl (C=O) groups is 1. The normalized spacial score (nSPS) is 14.9. The number of ether oxygens (including phenoxy) is 1. The molecule has 0 radical (unpaired) electrons. The summed E-state index contributed by atoms with van der Waals surface area (Å²) in [6.45, 7) is 3.92. The van der Waals surface area contributed by atoms with Crippen molar-refractivity contribution < 1.29 is 31.1 Å². The average Bonchev–Trinajstić information content (AvgIpc) is 2.85. The van der Waals surface area contributed by atoms with Crippen molar-refractivity contribution >= 4 is 27.3 Å². The summed E-state index contributed by atoms with van der Waals surface area (Å²) in [4.78, 5) is 14.7. The fraction of sp³-hybridized carbons (Fsp3) is 0.240. The lowest BCUT2D eigenvalue weighted by Crippen LogP contribution is -2.35. The van der Waals surface area contributed by atoms with Gasteiger partial charge in [-0.25, -0.2) is 8.42 Å². The van der Waals surface area contributed by atoms with E-state index in [4.69, 9.17) is 4.74 Å². The zero-order valence-electron chi connectivity index (χ0n) is 19.1. The fourth-order valence-corrected chi connectivity index (χ4v) is 4.72. The van der Waals surface area contributed by atoms with Gasteiger partial charge in [0.25, 0.3) is 15.9 Å². The summed E-state index contributed by atoms with van der Waals surface area (Å²) in [6, 6.07) is 16.5. The van der Waals surface area contributed by atoms with Crippen LogP contribution in [0, 0.1) is 0 Å². The van der Waals surface area contributed by atoms with Crippen LogP contribution in [0.3, 0.4) is 0 Å². The number of anilines is 2. The molecule has 7 nitrogen and oxygen atoms in total. The van der Waals surface area contributed by atoms with E-state index in [0.29, 0.717) is 24.5 Å². The standard InChI is InChI=1S/C25H24F3N3O4S/c26-25(27,28)20-2-1-3-22(16-20)30-36(33,34)23-10-8-21(9-11-23)29-24(32)19-6-4-18(5-7-19)17-31-12-14-35-15-13-31/h1-11,16,30H,12-15,17H2,(H,29,32). The Bertz CT molecular complexity index is 1310. The van der Waals surface area contributed by atoms with E-state index in [2.05, 4.69) is 14.9 Å². The summed E-state index contributed by atoms with van der Waals surface area (Å²) in [5.41, 5.74) is 0.726. The molecule has 0 spiro atoms. The summed E-state index contributed by atoms with van der Waals surface area (Å²) in [5, 5.41) is 2.71. The maximum absolute atomic E-state index is 12.9. The fourth-order valence-electron chi connectivity index (χ4n) is 3.67. The van der Waals surface area contributed by atoms with Crippen LogP contribution in [0.4, 0.5) is 24.5 Å². The lowest BCUT2D eigenvalue weighted by molar-refractivity contribution is -0.137. The molecular formula is C25H24F3N3O4S. The smallest absolute Gasteiger partial charge is 0.379 e. The number of nitrogens with one attached hydrogen (secondary N) is 2. The molecule has 4 rings (SSSR count). The highest BCUT2D eigenvalue weighted by atomic mass is 32.2. The summed E-state index contributed by atoms with van der Waals surface area (Å²) >= 11 is 0. The summed E-state index contributed by atoms with van der Waals surface area (Å²) in [7, 11) is -4.13. The largest absolute Gasteiger partial charge is 0.416 e. The predicted octanol–water partition coefficient (Wildman–Crippen LogP) is 4.59. The first-order valence-corrected chi connectivity index (χ1v) is 12.6. The van der Waals surface area contributed by atoms with E-state index in [1.54, 1.807) is 12.1 Å². The second kappa shape index (κ2) is 10.7. The minimum atomic E-state index is -4.59. The molecule has 2 N–H and O–H groups in total. The van der Waals surface area contributed by atoms with E-state index in [1.807, 2.05) is 12.1 Å². The first kappa shape index (κ1) is 25.7. The van der Waals surface area contributed by atoms with Gasteiger partial charge in [-0.2, -0.15) is 13.2 Å². The number of hydrogen-bond acceptors (Lipinski definition) is 5. The van der Waals surface area contributed by atoms with E-state index in [0.717, 1.165) is 43.4 Å². The summed E-state index contributed by atoms with van der Waals surface area (Å²) in [6.07, 6.45) is -4.59. The van der Waals surface area contributed by atoms with E-state index in [1.165, 1.54) is 30.3 Å². The Morgan fingerprint density at radius 1 is 0.917 bits per heavy atom. The predicted molar refractivity (Wildman–Crippen MR) is 129 cm³/mol. The van der Waals surface area contributed by atoms with Crippen molar-refractivity contribution in [2.45, 2.75) is 17.6 Å². The monoisotopic (exact) mass is 519 g/mol. The van der Waals surface area contributed by atoms with Gasteiger partial charge in [0.05, 0.1) is 23.7 Å². The van der Waals surface area contributed by atoms with E-state index in [-0.39, 0.29) is 16.5 Å². The molecule has 0 bridgehead atoms. The number of sulfonamides is 1. The third-order valence-corrected chi connectivity index (χ3v) is 6.99. The zero-order valence-corrected chi connectivity index (χ0v) is 19.9. The molecule has 36 heavy (non-hydrogen) atoms. The molecule has 1 heterocycles. The Kier molecular flexibility index (Phi) is 7.62. The molecule has 11 heteroatoms. The van der Waals surface area contributed by atoms with Gasteiger partial charge in [0.15, 0.2) is 0 Å². The Balaban J connectivity index is 1.37. The minimum Gasteiger partial charge on any atom is -0.379 e. The van der Waals surface area contributed by atoms with Crippen LogP contribution in [0.15, 0.2) is 77.7 Å². The number of benzene rings is 3. The van der Waals surface area contributed by atoms with Crippen LogP contribution in [0.2, 0.25) is 0 Å². The third kappa shape index (κ3) is 6.62. The van der Waals surface area contributed by atoms with Crippen LogP contribution >= 0.6 is 0 Å². The molecular weight excluding hydrogens is 495 g/mol. The molecule has 3 aromatic carbocycles. The number of hydrogen-bond donors (Lipinski definition) is 2. The van der Waals surface area contributed by atoms with Gasteiger partial charge in [-0.05, 0) is 60.2 Å². The topological polar surface area (TPSA) is 87.7 Å². The van der Waals surface area contributed by atoms with Gasteiger partial charge in [0.2, 0.25) is 0 Å². The lowest BCUT2D eigenvalue weighted by atomic mass is 10.1. The molecule has 1 fully saturated rings. The highest BCUT2D eigenvalue weighted by molar-refractivity contribution is 7.92. The molecule has 0 aliphatic carbocycles. The van der Waals surface area contributed by atoms with E-state index >= 15 is 0 Å². The van der Waals surface area contributed by atoms with Crippen molar-refractivity contribution in [2.75, 3.05) is 36.3 Å². The molecule has 1 saturated heterocycles. The van der Waals surface area contributed by atoms with Gasteiger partial charge in [0, 0.05) is 36.6 Å². The second-order valence-electron chi connectivity index (χ2n) is 8.25. The van der Waals surface area contributed by atoms with E-state index < -0.39 is 21.8 Å². The molecule has 1 aliphatic rings. The summed E-state index contributed by atoms with van der Waals surface area (Å²) < 4.78 is 71.4. The molecule has 0 atom stereocenters. The van der Waals surface area contributed by atoms with Gasteiger partial charge in [-0.3, -0.25) is 14.4 Å². The van der Waals surface area contributed by atoms with Gasteiger partial charge in [-0.15, -0.1) is 0 Å². The quantitative estimate of drug-likeness (QED) is 0.477. The highest BCUT2D eigenvalue weighted by Gasteiger charge is 2.30. The van der Waals surface area contributed by atoms with Crippen molar-refractivity contribution in [3.8, 4) is 0 Å². The molecule has 0 aromatic heterocycles. The lowest BCUT2D eigenvalue weighted by Gasteiger charge is -2.26. The van der Waals surface area contributed by atoms with Crippen LogP contribution in [-0.4, -0.2) is 45.5 Å². The molecule has 1 aliphatic heterocycles. The Hall–Kier alpha value is -3.41. The average molecular weight is 520 g/mol. The third-order valence-electron chi connectivity index (χ3n) is 5.59. The first-order chi connectivity index (χ1) is 17.1. The minimum absolute atomic E-state index is 0.162. The van der Waals surface area contributed by atoms with Gasteiger partial charge in [0.1, 0.15) is 0 Å². The number of carbonyl (C=O) groups excluding carboxylic acids is 1. The molecule has 190 valence electrons. The van der Waals surface area contributed by atoms with Crippen LogP contribution in [-0.2, 0) is 27.5 Å². The number of amides is 1. The zero-order chi connectivity index (χ0) is 25.8. The number of morpholine rings is 1. The Morgan fingerprint density at radius 2 is 1.58 bits per heavy atom. The van der Waals surface area contributed by atoms with Gasteiger partial charge in [-0.1, -0.05) is 18.2 Å². The molecule has 0 unspecified atom stereocenters. The van der Waals surface area contributed by atoms with Crippen LogP contribution < -0.4 is 10.0 Å². The maximum Gasteiger partial charge on any atom is 0.416 e. The highest BCUT2D eigenvalue weighted by Crippen LogP contribution is 2.31. The number of rotatable bonds is 7. The number of nitrogens with zero attached hydrogens (tertiary/aromatic N) is 1. The Labute approximate surface area is 206 Å². The Morgan fingerprint density at radius 3 is 2.22 bits per heavy atom. The maximum atomic E-state index is 12.9. The number of alkyl halides is 3. The van der Waals surface area contributed by atoms with Crippen LogP contribution in [0.25, 0.3) is 0 Å². The van der Waals surface area contributed by atoms with Crippen molar-refractivity contribution in [3.05, 3.63) is 89.5 Å². The second-order valence-corrected chi connectivity index (χ2v) is 9.93. The number of halogens is 3. The van der Waals surface area contributed by atoms with Gasteiger partial charge < -0.3 is 10.1 Å². The van der Waals surface area contributed by atoms with Crippen molar-refractivity contribution in [1.29, 1.82) is 0 Å². The van der Waals surface area contributed by atoms with Gasteiger partial charge >= 0.3 is 6.18 Å². The van der Waals surface area contributed by atoms with Crippen molar-refractivity contribution in [3.63, 3.8) is 0 Å². The van der Waals surface area contributed by atoms with Crippen LogP contribution in [0.1, 0.15) is 21.5 Å². The molecule has 0 saturated carbocycles. The first-order valence-electron chi connectivity index (χ1n) is 11.1. The van der Waals surface area contributed by atoms with Crippen LogP contribution in [0.5, 0.6) is 0 Å².